The molecule has 1 fully saturated rings. The molecule has 2 rings (SSSR count). The van der Waals surface area contributed by atoms with Gasteiger partial charge in [-0.2, -0.15) is 0 Å². The first-order valence-corrected chi connectivity index (χ1v) is 6.79. The summed E-state index contributed by atoms with van der Waals surface area (Å²) in [7, 11) is 0. The molecule has 0 atom stereocenters. The van der Waals surface area contributed by atoms with E-state index in [2.05, 4.69) is 10.3 Å². The Bertz CT molecular complexity index is 468. The second kappa shape index (κ2) is 5.98. The van der Waals surface area contributed by atoms with Crippen LogP contribution in [0.15, 0.2) is 6.20 Å². The largest absolute Gasteiger partial charge is 0.480 e. The van der Waals surface area contributed by atoms with Gasteiger partial charge in [0.15, 0.2) is 5.13 Å². The number of aryl methyl sites for hydroxylation is 1. The van der Waals surface area contributed by atoms with Crippen LogP contribution < -0.4 is 5.32 Å². The quantitative estimate of drug-likeness (QED) is 0.852. The van der Waals surface area contributed by atoms with Gasteiger partial charge in [0.2, 0.25) is 0 Å². The summed E-state index contributed by atoms with van der Waals surface area (Å²) in [5.41, 5.74) is 0. The normalized spacial score (nSPS) is 16.4. The molecule has 2 heterocycles. The number of hydrogen-bond donors (Lipinski definition) is 2. The fourth-order valence-corrected chi connectivity index (χ4v) is 2.54. The summed E-state index contributed by atoms with van der Waals surface area (Å²) in [5.74, 6) is -0.837. The molecule has 1 aromatic rings. The molecule has 1 aromatic heterocycles. The zero-order chi connectivity index (χ0) is 13.8. The Balaban J connectivity index is 1.80. The standard InChI is InChI=1S/C11H16N4O3S/c1-8-6-12-10(19-8)13-11(18)15-4-2-14(3-5-15)7-9(16)17/h6H,2-5,7H2,1H3,(H,16,17)(H,12,13,18). The summed E-state index contributed by atoms with van der Waals surface area (Å²) in [5, 5.41) is 12.0. The minimum absolute atomic E-state index is 0.0289. The average molecular weight is 284 g/mol. The third-order valence-corrected chi connectivity index (χ3v) is 3.68. The van der Waals surface area contributed by atoms with E-state index in [1.54, 1.807) is 11.1 Å². The number of hydrogen-bond acceptors (Lipinski definition) is 5. The van der Waals surface area contributed by atoms with Crippen molar-refractivity contribution in [2.75, 3.05) is 38.0 Å². The number of carboxylic acids is 1. The number of carbonyl (C=O) groups is 2. The van der Waals surface area contributed by atoms with E-state index in [0.29, 0.717) is 31.3 Å². The van der Waals surface area contributed by atoms with Crippen LogP contribution in [0.4, 0.5) is 9.93 Å². The molecule has 0 spiro atoms. The third-order valence-electron chi connectivity index (χ3n) is 2.85. The number of nitrogens with one attached hydrogen (secondary N) is 1. The van der Waals surface area contributed by atoms with Gasteiger partial charge in [0.25, 0.3) is 0 Å². The zero-order valence-electron chi connectivity index (χ0n) is 10.6. The van der Waals surface area contributed by atoms with E-state index in [9.17, 15) is 9.59 Å². The lowest BCUT2D eigenvalue weighted by Crippen LogP contribution is -2.51. The number of anilines is 1. The second-order valence-electron chi connectivity index (χ2n) is 4.36. The monoisotopic (exact) mass is 284 g/mol. The van der Waals surface area contributed by atoms with Crippen LogP contribution in [-0.2, 0) is 4.79 Å². The van der Waals surface area contributed by atoms with Gasteiger partial charge in [0.05, 0.1) is 6.54 Å². The highest BCUT2D eigenvalue weighted by Gasteiger charge is 2.22. The average Bonchev–Trinajstić information content (AvgIpc) is 2.75. The Morgan fingerprint density at radius 1 is 1.42 bits per heavy atom. The maximum Gasteiger partial charge on any atom is 0.323 e. The maximum atomic E-state index is 12.0. The highest BCUT2D eigenvalue weighted by molar-refractivity contribution is 7.15. The Morgan fingerprint density at radius 2 is 2.11 bits per heavy atom. The predicted octanol–water partition coefficient (Wildman–Crippen LogP) is 0.686. The van der Waals surface area contributed by atoms with Crippen molar-refractivity contribution in [2.24, 2.45) is 0 Å². The fourth-order valence-electron chi connectivity index (χ4n) is 1.88. The Hall–Kier alpha value is -1.67. The van der Waals surface area contributed by atoms with E-state index >= 15 is 0 Å². The Kier molecular flexibility index (Phi) is 4.33. The molecule has 1 aliphatic heterocycles. The number of urea groups is 1. The second-order valence-corrected chi connectivity index (χ2v) is 5.60. The molecule has 104 valence electrons. The highest BCUT2D eigenvalue weighted by Crippen LogP contribution is 2.17. The van der Waals surface area contributed by atoms with Crippen LogP contribution in [0.5, 0.6) is 0 Å². The number of aromatic nitrogens is 1. The number of carboxylic acid groups (broad SMARTS) is 1. The molecule has 7 nitrogen and oxygen atoms in total. The van der Waals surface area contributed by atoms with Crippen LogP contribution in [-0.4, -0.2) is 64.6 Å². The van der Waals surface area contributed by atoms with Gasteiger partial charge in [-0.3, -0.25) is 15.0 Å². The van der Waals surface area contributed by atoms with Crippen molar-refractivity contribution in [1.29, 1.82) is 0 Å². The van der Waals surface area contributed by atoms with Crippen molar-refractivity contribution in [3.63, 3.8) is 0 Å². The molecule has 2 N–H and O–H groups in total. The van der Waals surface area contributed by atoms with Crippen LogP contribution in [0.3, 0.4) is 0 Å². The number of aliphatic carboxylic acids is 1. The van der Waals surface area contributed by atoms with E-state index in [-0.39, 0.29) is 12.6 Å². The SMILES string of the molecule is Cc1cnc(NC(=O)N2CCN(CC(=O)O)CC2)s1. The van der Waals surface area contributed by atoms with Gasteiger partial charge in [-0.1, -0.05) is 0 Å². The first kappa shape index (κ1) is 13.8. The fraction of sp³-hybridized carbons (Fsp3) is 0.545. The number of piperazine rings is 1. The first-order chi connectivity index (χ1) is 9.04. The molecule has 0 unspecified atom stereocenters. The summed E-state index contributed by atoms with van der Waals surface area (Å²) in [6.45, 7) is 4.18. The van der Waals surface area contributed by atoms with Crippen molar-refractivity contribution in [2.45, 2.75) is 6.92 Å². The van der Waals surface area contributed by atoms with E-state index in [4.69, 9.17) is 5.11 Å². The van der Waals surface area contributed by atoms with Crippen molar-refractivity contribution >= 4 is 28.5 Å². The van der Waals surface area contributed by atoms with Crippen LogP contribution in [0.2, 0.25) is 0 Å². The van der Waals surface area contributed by atoms with Gasteiger partial charge >= 0.3 is 12.0 Å². The summed E-state index contributed by atoms with van der Waals surface area (Å²) >= 11 is 1.43. The summed E-state index contributed by atoms with van der Waals surface area (Å²) < 4.78 is 0. The number of amides is 2. The smallest absolute Gasteiger partial charge is 0.323 e. The molecule has 0 aliphatic carbocycles. The number of thiazole rings is 1. The van der Waals surface area contributed by atoms with Crippen molar-refractivity contribution in [3.8, 4) is 0 Å². The van der Waals surface area contributed by atoms with E-state index < -0.39 is 5.97 Å². The molecule has 0 bridgehead atoms. The van der Waals surface area contributed by atoms with E-state index in [1.807, 2.05) is 11.8 Å². The molecule has 8 heteroatoms. The predicted molar refractivity (Wildman–Crippen MR) is 71.5 cm³/mol. The Labute approximate surface area is 114 Å². The number of rotatable bonds is 3. The first-order valence-electron chi connectivity index (χ1n) is 5.97. The molecular formula is C11H16N4O3S. The van der Waals surface area contributed by atoms with Crippen LogP contribution in [0, 0.1) is 6.92 Å². The summed E-state index contributed by atoms with van der Waals surface area (Å²) in [6.07, 6.45) is 1.71. The minimum Gasteiger partial charge on any atom is -0.480 e. The molecular weight excluding hydrogens is 268 g/mol. The van der Waals surface area contributed by atoms with Crippen molar-refractivity contribution in [1.82, 2.24) is 14.8 Å². The van der Waals surface area contributed by atoms with E-state index in [1.165, 1.54) is 11.3 Å². The lowest BCUT2D eigenvalue weighted by Gasteiger charge is -2.33. The molecule has 2 amide bonds. The molecule has 0 saturated carbocycles. The molecule has 0 aromatic carbocycles. The van der Waals surface area contributed by atoms with Crippen molar-refractivity contribution in [3.05, 3.63) is 11.1 Å². The lowest BCUT2D eigenvalue weighted by atomic mass is 10.3. The van der Waals surface area contributed by atoms with E-state index in [0.717, 1.165) is 4.88 Å². The van der Waals surface area contributed by atoms with Gasteiger partial charge in [-0.15, -0.1) is 11.3 Å². The maximum absolute atomic E-state index is 12.0. The van der Waals surface area contributed by atoms with Gasteiger partial charge in [0.1, 0.15) is 0 Å². The molecule has 1 saturated heterocycles. The zero-order valence-corrected chi connectivity index (χ0v) is 11.4. The molecule has 1 aliphatic rings. The summed E-state index contributed by atoms with van der Waals surface area (Å²) in [6, 6.07) is -0.177. The summed E-state index contributed by atoms with van der Waals surface area (Å²) in [4.78, 5) is 31.2. The lowest BCUT2D eigenvalue weighted by molar-refractivity contribution is -0.138. The highest BCUT2D eigenvalue weighted by atomic mass is 32.1. The third kappa shape index (κ3) is 3.90. The van der Waals surface area contributed by atoms with Crippen LogP contribution >= 0.6 is 11.3 Å². The molecule has 0 radical (unpaired) electrons. The minimum atomic E-state index is -0.837. The number of nitrogens with zero attached hydrogens (tertiary/aromatic N) is 3. The van der Waals surface area contributed by atoms with Gasteiger partial charge in [-0.25, -0.2) is 9.78 Å². The Morgan fingerprint density at radius 3 is 2.63 bits per heavy atom. The number of carbonyl (C=O) groups excluding carboxylic acids is 1. The van der Waals surface area contributed by atoms with Crippen LogP contribution in [0.25, 0.3) is 0 Å². The van der Waals surface area contributed by atoms with Gasteiger partial charge in [-0.05, 0) is 6.92 Å². The van der Waals surface area contributed by atoms with Gasteiger partial charge < -0.3 is 10.0 Å². The topological polar surface area (TPSA) is 85.8 Å². The van der Waals surface area contributed by atoms with Crippen LogP contribution in [0.1, 0.15) is 4.88 Å². The van der Waals surface area contributed by atoms with Gasteiger partial charge in [0, 0.05) is 37.3 Å². The van der Waals surface area contributed by atoms with Crippen molar-refractivity contribution < 1.29 is 14.7 Å². The molecule has 19 heavy (non-hydrogen) atoms.